The third-order valence-corrected chi connectivity index (χ3v) is 3.75. The molecule has 0 saturated carbocycles. The minimum atomic E-state index is -0.610. The number of carbonyl (C=O) groups excluding carboxylic acids is 1. The van der Waals surface area contributed by atoms with E-state index in [4.69, 9.17) is 0 Å². The van der Waals surface area contributed by atoms with E-state index in [1.54, 1.807) is 4.90 Å². The minimum Gasteiger partial charge on any atom is -0.377 e. The van der Waals surface area contributed by atoms with Crippen LogP contribution in [0.25, 0.3) is 0 Å². The molecule has 0 spiro atoms. The first-order chi connectivity index (χ1) is 8.97. The molecule has 1 N–H and O–H groups in total. The number of anilines is 1. The zero-order chi connectivity index (χ0) is 14.0. The van der Waals surface area contributed by atoms with E-state index in [0.717, 1.165) is 0 Å². The lowest BCUT2D eigenvalue weighted by molar-refractivity contribution is -0.129. The Hall–Kier alpha value is -1.17. The van der Waals surface area contributed by atoms with Gasteiger partial charge in [0.1, 0.15) is 17.3 Å². The van der Waals surface area contributed by atoms with Gasteiger partial charge >= 0.3 is 0 Å². The number of hydrogen-bond acceptors (Lipinski definition) is 2. The Kier molecular flexibility index (Phi) is 4.39. The molecule has 0 bridgehead atoms. The van der Waals surface area contributed by atoms with Crippen LogP contribution in [-0.4, -0.2) is 29.9 Å². The number of likely N-dealkylation sites (tertiary alicyclic amines) is 1. The molecule has 104 valence electrons. The molecule has 0 atom stereocenters. The molecule has 1 amide bonds. The predicted molar refractivity (Wildman–Crippen MR) is 73.0 cm³/mol. The van der Waals surface area contributed by atoms with Crippen molar-refractivity contribution in [2.75, 3.05) is 18.4 Å². The van der Waals surface area contributed by atoms with Gasteiger partial charge in [-0.3, -0.25) is 4.79 Å². The van der Waals surface area contributed by atoms with E-state index >= 15 is 0 Å². The quantitative estimate of drug-likeness (QED) is 0.902. The molecule has 0 radical (unpaired) electrons. The number of amides is 1. The van der Waals surface area contributed by atoms with Crippen LogP contribution in [0.1, 0.15) is 19.8 Å². The summed E-state index contributed by atoms with van der Waals surface area (Å²) in [6, 6.07) is 2.45. The highest BCUT2D eigenvalue weighted by molar-refractivity contribution is 9.10. The predicted octanol–water partition coefficient (Wildman–Crippen LogP) is 3.15. The monoisotopic (exact) mass is 332 g/mol. The van der Waals surface area contributed by atoms with Crippen molar-refractivity contribution in [3.05, 3.63) is 28.2 Å². The Morgan fingerprint density at radius 2 is 1.84 bits per heavy atom. The largest absolute Gasteiger partial charge is 0.377 e. The fraction of sp³-hybridized carbons (Fsp3) is 0.462. The van der Waals surface area contributed by atoms with Gasteiger partial charge in [0, 0.05) is 30.5 Å². The van der Waals surface area contributed by atoms with E-state index < -0.39 is 11.6 Å². The number of piperidine rings is 1. The van der Waals surface area contributed by atoms with Crippen molar-refractivity contribution in [3.8, 4) is 0 Å². The Bertz CT molecular complexity index is 465. The van der Waals surface area contributed by atoms with Gasteiger partial charge in [0.25, 0.3) is 0 Å². The zero-order valence-electron chi connectivity index (χ0n) is 10.5. The second-order valence-electron chi connectivity index (χ2n) is 4.67. The van der Waals surface area contributed by atoms with Gasteiger partial charge in [-0.25, -0.2) is 8.78 Å². The van der Waals surface area contributed by atoms with Gasteiger partial charge in [-0.1, -0.05) is 15.9 Å². The first kappa shape index (κ1) is 14.2. The molecule has 1 saturated heterocycles. The summed E-state index contributed by atoms with van der Waals surface area (Å²) in [6.45, 7) is 2.77. The van der Waals surface area contributed by atoms with E-state index in [1.807, 2.05) is 0 Å². The van der Waals surface area contributed by atoms with E-state index in [-0.39, 0.29) is 17.6 Å². The van der Waals surface area contributed by atoms with Gasteiger partial charge in [-0.05, 0) is 25.0 Å². The number of nitrogens with one attached hydrogen (secondary N) is 1. The Morgan fingerprint density at radius 1 is 1.32 bits per heavy atom. The number of nitrogens with zero attached hydrogens (tertiary/aromatic N) is 1. The van der Waals surface area contributed by atoms with Crippen molar-refractivity contribution >= 4 is 27.5 Å². The number of carbonyl (C=O) groups is 1. The van der Waals surface area contributed by atoms with E-state index in [2.05, 4.69) is 21.2 Å². The van der Waals surface area contributed by atoms with Crippen molar-refractivity contribution in [1.29, 1.82) is 0 Å². The average molecular weight is 333 g/mol. The van der Waals surface area contributed by atoms with E-state index in [0.29, 0.717) is 30.4 Å². The molecule has 1 aromatic rings. The summed E-state index contributed by atoms with van der Waals surface area (Å²) in [6.07, 6.45) is 1.38. The van der Waals surface area contributed by atoms with E-state index in [1.165, 1.54) is 19.1 Å². The first-order valence-electron chi connectivity index (χ1n) is 6.14. The summed E-state index contributed by atoms with van der Waals surface area (Å²) in [5, 5.41) is 2.90. The molecule has 19 heavy (non-hydrogen) atoms. The summed E-state index contributed by atoms with van der Waals surface area (Å²) in [4.78, 5) is 12.9. The molecule has 1 heterocycles. The smallest absolute Gasteiger partial charge is 0.219 e. The van der Waals surface area contributed by atoms with Gasteiger partial charge < -0.3 is 10.2 Å². The molecule has 0 unspecified atom stereocenters. The van der Waals surface area contributed by atoms with Gasteiger partial charge in [0.15, 0.2) is 0 Å². The second kappa shape index (κ2) is 5.86. The highest BCUT2D eigenvalue weighted by Crippen LogP contribution is 2.26. The molecule has 1 aliphatic rings. The maximum Gasteiger partial charge on any atom is 0.219 e. The lowest BCUT2D eigenvalue weighted by atomic mass is 10.0. The molecule has 2 rings (SSSR count). The van der Waals surface area contributed by atoms with Crippen molar-refractivity contribution < 1.29 is 13.6 Å². The van der Waals surface area contributed by atoms with Crippen LogP contribution < -0.4 is 5.32 Å². The zero-order valence-corrected chi connectivity index (χ0v) is 12.1. The molecule has 1 aliphatic heterocycles. The van der Waals surface area contributed by atoms with Crippen LogP contribution in [-0.2, 0) is 4.79 Å². The van der Waals surface area contributed by atoms with Gasteiger partial charge in [0.2, 0.25) is 5.91 Å². The molecular formula is C13H15BrF2N2O. The summed E-state index contributed by atoms with van der Waals surface area (Å²) in [5.74, 6) is -1.18. The number of benzene rings is 1. The van der Waals surface area contributed by atoms with Crippen LogP contribution >= 0.6 is 15.9 Å². The molecule has 3 nitrogen and oxygen atoms in total. The molecule has 0 aromatic heterocycles. The lowest BCUT2D eigenvalue weighted by Gasteiger charge is -2.32. The van der Waals surface area contributed by atoms with Gasteiger partial charge in [-0.15, -0.1) is 0 Å². The maximum absolute atomic E-state index is 13.7. The first-order valence-corrected chi connectivity index (χ1v) is 6.93. The van der Waals surface area contributed by atoms with Gasteiger partial charge in [0.05, 0.1) is 0 Å². The minimum absolute atomic E-state index is 0.0132. The molecule has 6 heteroatoms. The van der Waals surface area contributed by atoms with Crippen LogP contribution in [0.5, 0.6) is 0 Å². The van der Waals surface area contributed by atoms with Crippen molar-refractivity contribution in [2.24, 2.45) is 0 Å². The van der Waals surface area contributed by atoms with Crippen LogP contribution in [0.2, 0.25) is 0 Å². The average Bonchev–Trinajstić information content (AvgIpc) is 2.34. The Morgan fingerprint density at radius 3 is 2.32 bits per heavy atom. The summed E-state index contributed by atoms with van der Waals surface area (Å²) >= 11 is 3.04. The Balaban J connectivity index is 2.02. The normalized spacial score (nSPS) is 16.5. The van der Waals surface area contributed by atoms with E-state index in [9.17, 15) is 13.6 Å². The third kappa shape index (κ3) is 3.43. The fourth-order valence-electron chi connectivity index (χ4n) is 2.22. The maximum atomic E-state index is 13.7. The van der Waals surface area contributed by atoms with Crippen molar-refractivity contribution in [1.82, 2.24) is 4.90 Å². The summed E-state index contributed by atoms with van der Waals surface area (Å²) in [5.41, 5.74) is -0.0931. The number of rotatable bonds is 2. The highest BCUT2D eigenvalue weighted by atomic mass is 79.9. The lowest BCUT2D eigenvalue weighted by Crippen LogP contribution is -2.41. The second-order valence-corrected chi connectivity index (χ2v) is 5.58. The van der Waals surface area contributed by atoms with Crippen LogP contribution in [0.3, 0.4) is 0 Å². The molecule has 1 fully saturated rings. The number of hydrogen-bond donors (Lipinski definition) is 1. The topological polar surface area (TPSA) is 32.3 Å². The highest BCUT2D eigenvalue weighted by Gasteiger charge is 2.22. The van der Waals surface area contributed by atoms with Crippen LogP contribution in [0.4, 0.5) is 14.5 Å². The summed E-state index contributed by atoms with van der Waals surface area (Å²) < 4.78 is 27.7. The molecule has 1 aromatic carbocycles. The van der Waals surface area contributed by atoms with Crippen molar-refractivity contribution in [3.63, 3.8) is 0 Å². The summed E-state index contributed by atoms with van der Waals surface area (Å²) in [7, 11) is 0. The molecule has 0 aliphatic carbocycles. The van der Waals surface area contributed by atoms with Gasteiger partial charge in [-0.2, -0.15) is 0 Å². The standard InChI is InChI=1S/C13H15BrF2N2O/c1-8(19)18-4-2-10(3-5-18)17-13-11(15)6-9(14)7-12(13)16/h6-7,10,17H,2-5H2,1H3. The Labute approximate surface area is 119 Å². The number of halogens is 3. The molecular weight excluding hydrogens is 318 g/mol. The van der Waals surface area contributed by atoms with Crippen LogP contribution in [0.15, 0.2) is 16.6 Å². The fourth-order valence-corrected chi connectivity index (χ4v) is 2.62. The van der Waals surface area contributed by atoms with Crippen LogP contribution in [0, 0.1) is 11.6 Å². The van der Waals surface area contributed by atoms with Crippen molar-refractivity contribution in [2.45, 2.75) is 25.8 Å². The SMILES string of the molecule is CC(=O)N1CCC(Nc2c(F)cc(Br)cc2F)CC1. The third-order valence-electron chi connectivity index (χ3n) is 3.30.